The summed E-state index contributed by atoms with van der Waals surface area (Å²) in [5, 5.41) is 2.88. The number of amides is 1. The molecule has 0 saturated heterocycles. The highest BCUT2D eigenvalue weighted by Crippen LogP contribution is 2.22. The van der Waals surface area contributed by atoms with Crippen LogP contribution in [0.25, 0.3) is 0 Å². The predicted octanol–water partition coefficient (Wildman–Crippen LogP) is 4.24. The lowest BCUT2D eigenvalue weighted by atomic mass is 10.1. The minimum atomic E-state index is -0.740. The predicted molar refractivity (Wildman–Crippen MR) is 85.7 cm³/mol. The molecule has 1 atom stereocenters. The van der Waals surface area contributed by atoms with Crippen LogP contribution in [0.2, 0.25) is 0 Å². The van der Waals surface area contributed by atoms with Crippen LogP contribution in [0.4, 0.5) is 10.1 Å². The highest BCUT2D eigenvalue weighted by atomic mass is 19.1. The van der Waals surface area contributed by atoms with Gasteiger partial charge in [0.25, 0.3) is 5.91 Å². The van der Waals surface area contributed by atoms with Crippen molar-refractivity contribution >= 4 is 11.6 Å². The first kappa shape index (κ1) is 16.0. The van der Waals surface area contributed by atoms with Crippen molar-refractivity contribution in [3.63, 3.8) is 0 Å². The molecule has 0 aliphatic rings. The van der Waals surface area contributed by atoms with Crippen molar-refractivity contribution in [1.82, 2.24) is 0 Å². The van der Waals surface area contributed by atoms with Crippen molar-refractivity contribution in [2.24, 2.45) is 0 Å². The Morgan fingerprint density at radius 3 is 2.36 bits per heavy atom. The van der Waals surface area contributed by atoms with Gasteiger partial charge in [-0.15, -0.1) is 0 Å². The average Bonchev–Trinajstić information content (AvgIpc) is 2.50. The zero-order chi connectivity index (χ0) is 16.1. The maximum atomic E-state index is 13.6. The summed E-state index contributed by atoms with van der Waals surface area (Å²) in [7, 11) is 0. The van der Waals surface area contributed by atoms with E-state index in [0.717, 1.165) is 16.8 Å². The van der Waals surface area contributed by atoms with Gasteiger partial charge in [-0.05, 0) is 43.5 Å². The second kappa shape index (κ2) is 7.07. The van der Waals surface area contributed by atoms with Crippen LogP contribution in [0.1, 0.15) is 24.5 Å². The molecule has 0 bridgehead atoms. The third-order valence-corrected chi connectivity index (χ3v) is 3.50. The maximum absolute atomic E-state index is 13.6. The molecule has 0 aliphatic carbocycles. The number of benzene rings is 2. The van der Waals surface area contributed by atoms with Crippen LogP contribution in [0.3, 0.4) is 0 Å². The van der Waals surface area contributed by atoms with E-state index in [9.17, 15) is 9.18 Å². The molecule has 0 aromatic heterocycles. The van der Waals surface area contributed by atoms with Crippen LogP contribution >= 0.6 is 0 Å². The SMILES string of the molecule is CCC(Oc1ccccc1F)C(=O)Nc1c(C)cccc1C. The first-order chi connectivity index (χ1) is 10.5. The molecule has 0 spiro atoms. The van der Waals surface area contributed by atoms with Gasteiger partial charge in [0.15, 0.2) is 17.7 Å². The van der Waals surface area contributed by atoms with Gasteiger partial charge in [-0.3, -0.25) is 4.79 Å². The first-order valence-electron chi connectivity index (χ1n) is 7.31. The lowest BCUT2D eigenvalue weighted by molar-refractivity contribution is -0.122. The van der Waals surface area contributed by atoms with Crippen LogP contribution in [-0.2, 0) is 4.79 Å². The van der Waals surface area contributed by atoms with E-state index < -0.39 is 11.9 Å². The molecule has 0 aliphatic heterocycles. The van der Waals surface area contributed by atoms with Gasteiger partial charge in [-0.1, -0.05) is 37.3 Å². The number of aryl methyl sites for hydroxylation is 2. The summed E-state index contributed by atoms with van der Waals surface area (Å²) in [6.07, 6.45) is -0.290. The molecule has 4 heteroatoms. The summed E-state index contributed by atoms with van der Waals surface area (Å²) in [4.78, 5) is 12.4. The molecule has 3 nitrogen and oxygen atoms in total. The molecule has 22 heavy (non-hydrogen) atoms. The van der Waals surface area contributed by atoms with Gasteiger partial charge < -0.3 is 10.1 Å². The minimum Gasteiger partial charge on any atom is -0.478 e. The van der Waals surface area contributed by atoms with Gasteiger partial charge in [-0.2, -0.15) is 0 Å². The zero-order valence-corrected chi connectivity index (χ0v) is 13.0. The third kappa shape index (κ3) is 3.64. The molecule has 0 radical (unpaired) electrons. The summed E-state index contributed by atoms with van der Waals surface area (Å²) in [5.74, 6) is -0.657. The molecule has 0 saturated carbocycles. The van der Waals surface area contributed by atoms with Gasteiger partial charge in [0, 0.05) is 5.69 Å². The Bertz CT molecular complexity index is 650. The van der Waals surface area contributed by atoms with Gasteiger partial charge in [-0.25, -0.2) is 4.39 Å². The Balaban J connectivity index is 2.14. The number of halogens is 1. The number of carbonyl (C=O) groups excluding carboxylic acids is 1. The van der Waals surface area contributed by atoms with E-state index >= 15 is 0 Å². The highest BCUT2D eigenvalue weighted by Gasteiger charge is 2.21. The first-order valence-corrected chi connectivity index (χ1v) is 7.31. The Morgan fingerprint density at radius 2 is 1.77 bits per heavy atom. The number of rotatable bonds is 5. The van der Waals surface area contributed by atoms with Crippen molar-refractivity contribution in [1.29, 1.82) is 0 Å². The molecular weight excluding hydrogens is 281 g/mol. The molecule has 0 heterocycles. The third-order valence-electron chi connectivity index (χ3n) is 3.50. The second-order valence-corrected chi connectivity index (χ2v) is 5.20. The lowest BCUT2D eigenvalue weighted by Crippen LogP contribution is -2.33. The standard InChI is InChI=1S/C18H20FNO2/c1-4-15(22-16-11-6-5-10-14(16)19)18(21)20-17-12(2)8-7-9-13(17)3/h5-11,15H,4H2,1-3H3,(H,20,21). The van der Waals surface area contributed by atoms with Crippen molar-refractivity contribution in [3.8, 4) is 5.75 Å². The van der Waals surface area contributed by atoms with Gasteiger partial charge in [0.05, 0.1) is 0 Å². The fraction of sp³-hybridized carbons (Fsp3) is 0.278. The van der Waals surface area contributed by atoms with Crippen LogP contribution in [0.15, 0.2) is 42.5 Å². The Kier molecular flexibility index (Phi) is 5.15. The fourth-order valence-electron chi connectivity index (χ4n) is 2.23. The molecule has 2 aromatic carbocycles. The Morgan fingerprint density at radius 1 is 1.14 bits per heavy atom. The molecule has 2 aromatic rings. The van der Waals surface area contributed by atoms with Gasteiger partial charge in [0.2, 0.25) is 0 Å². The van der Waals surface area contributed by atoms with E-state index in [1.54, 1.807) is 12.1 Å². The summed E-state index contributed by atoms with van der Waals surface area (Å²) < 4.78 is 19.2. The lowest BCUT2D eigenvalue weighted by Gasteiger charge is -2.19. The monoisotopic (exact) mass is 301 g/mol. The average molecular weight is 301 g/mol. The fourth-order valence-corrected chi connectivity index (χ4v) is 2.23. The largest absolute Gasteiger partial charge is 0.478 e. The molecule has 2 rings (SSSR count). The number of para-hydroxylation sites is 2. The summed E-state index contributed by atoms with van der Waals surface area (Å²) in [6.45, 7) is 5.69. The number of carbonyl (C=O) groups is 1. The second-order valence-electron chi connectivity index (χ2n) is 5.20. The number of nitrogens with one attached hydrogen (secondary N) is 1. The van der Waals surface area contributed by atoms with Crippen LogP contribution in [-0.4, -0.2) is 12.0 Å². The number of anilines is 1. The zero-order valence-electron chi connectivity index (χ0n) is 13.0. The smallest absolute Gasteiger partial charge is 0.265 e. The van der Waals surface area contributed by atoms with E-state index in [0.29, 0.717) is 6.42 Å². The van der Waals surface area contributed by atoms with E-state index in [4.69, 9.17) is 4.74 Å². The number of ether oxygens (including phenoxy) is 1. The quantitative estimate of drug-likeness (QED) is 0.897. The number of hydrogen-bond acceptors (Lipinski definition) is 2. The summed E-state index contributed by atoms with van der Waals surface area (Å²) >= 11 is 0. The van der Waals surface area contributed by atoms with E-state index in [2.05, 4.69) is 5.32 Å². The van der Waals surface area contributed by atoms with E-state index in [-0.39, 0.29) is 11.7 Å². The molecule has 1 amide bonds. The molecular formula is C18H20FNO2. The highest BCUT2D eigenvalue weighted by molar-refractivity contribution is 5.95. The molecule has 0 fully saturated rings. The Hall–Kier alpha value is -2.36. The van der Waals surface area contributed by atoms with Crippen LogP contribution in [0.5, 0.6) is 5.75 Å². The van der Waals surface area contributed by atoms with E-state index in [1.807, 2.05) is 39.0 Å². The molecule has 1 unspecified atom stereocenters. The minimum absolute atomic E-state index is 0.0889. The normalized spacial score (nSPS) is 11.8. The Labute approximate surface area is 130 Å². The summed E-state index contributed by atoms with van der Waals surface area (Å²) in [5.41, 5.74) is 2.74. The van der Waals surface area contributed by atoms with E-state index in [1.165, 1.54) is 12.1 Å². The van der Waals surface area contributed by atoms with Crippen molar-refractivity contribution in [2.75, 3.05) is 5.32 Å². The summed E-state index contributed by atoms with van der Waals surface area (Å²) in [6, 6.07) is 11.9. The van der Waals surface area contributed by atoms with Crippen molar-refractivity contribution < 1.29 is 13.9 Å². The van der Waals surface area contributed by atoms with Gasteiger partial charge in [0.1, 0.15) is 0 Å². The molecule has 116 valence electrons. The topological polar surface area (TPSA) is 38.3 Å². The van der Waals surface area contributed by atoms with Crippen molar-refractivity contribution in [3.05, 3.63) is 59.4 Å². The molecule has 1 N–H and O–H groups in total. The maximum Gasteiger partial charge on any atom is 0.265 e. The van der Waals surface area contributed by atoms with Crippen molar-refractivity contribution in [2.45, 2.75) is 33.3 Å². The van der Waals surface area contributed by atoms with Crippen LogP contribution in [0, 0.1) is 19.7 Å². The number of hydrogen-bond donors (Lipinski definition) is 1. The van der Waals surface area contributed by atoms with Crippen LogP contribution < -0.4 is 10.1 Å². The van der Waals surface area contributed by atoms with Gasteiger partial charge >= 0.3 is 0 Å².